The molecule has 54 valence electrons. The lowest BCUT2D eigenvalue weighted by Crippen LogP contribution is -2.28. The van der Waals surface area contributed by atoms with Crippen molar-refractivity contribution in [1.29, 1.82) is 0 Å². The summed E-state index contributed by atoms with van der Waals surface area (Å²) in [6.07, 6.45) is 0. The molecule has 0 aliphatic carbocycles. The van der Waals surface area contributed by atoms with E-state index in [1.807, 2.05) is 0 Å². The smallest absolute Gasteiger partial charge is 0.181 e. The molecule has 0 N–H and O–H groups in total. The number of hydrogen-bond donors (Lipinski definition) is 0. The summed E-state index contributed by atoms with van der Waals surface area (Å²) in [5.74, 6) is 0. The minimum Gasteiger partial charge on any atom is -0.253 e. The average molecular weight is 200 g/mol. The second kappa shape index (κ2) is 3.24. The third-order valence-corrected chi connectivity index (χ3v) is 2.55. The second-order valence-electron chi connectivity index (χ2n) is 3.32. The number of nitrogens with zero attached hydrogens (tertiary/aromatic N) is 2. The molecule has 6 heteroatoms. The van der Waals surface area contributed by atoms with Crippen LogP contribution in [0.15, 0.2) is 9.56 Å². The van der Waals surface area contributed by atoms with E-state index in [-0.39, 0.29) is 0 Å². The molecule has 0 unspecified atom stereocenters. The molecular weight excluding hydrogens is 188 g/mol. The molecule has 0 fully saturated rings. The van der Waals surface area contributed by atoms with Crippen LogP contribution in [-0.4, -0.2) is 35.0 Å². The fourth-order valence-corrected chi connectivity index (χ4v) is 3.15. The van der Waals surface area contributed by atoms with Crippen molar-refractivity contribution in [3.63, 3.8) is 0 Å². The number of rotatable bonds is 2. The zero-order valence-corrected chi connectivity index (χ0v) is 10.9. The lowest BCUT2D eigenvalue weighted by atomic mass is 11.9. The van der Waals surface area contributed by atoms with E-state index in [1.165, 1.54) is 0 Å². The Balaban J connectivity index is 4.01. The van der Waals surface area contributed by atoms with Crippen LogP contribution in [0.4, 0.5) is 0 Å². The molecule has 0 saturated heterocycles. The van der Waals surface area contributed by atoms with Crippen molar-refractivity contribution in [2.75, 3.05) is 0 Å². The van der Waals surface area contributed by atoms with Gasteiger partial charge in [0.1, 0.15) is 0 Å². The van der Waals surface area contributed by atoms with Crippen LogP contribution in [-0.2, 0) is 0 Å². The highest BCUT2D eigenvalue weighted by atomic mass is 29.2. The van der Waals surface area contributed by atoms with Crippen LogP contribution >= 0.6 is 0 Å². The van der Waals surface area contributed by atoms with Crippen molar-refractivity contribution >= 4 is 35.0 Å². The zero-order chi connectivity index (χ0) is 8.41. The van der Waals surface area contributed by atoms with E-state index in [4.69, 9.17) is 0 Å². The van der Waals surface area contributed by atoms with Gasteiger partial charge in [-0.1, -0.05) is 26.2 Å². The van der Waals surface area contributed by atoms with Gasteiger partial charge in [-0.25, -0.2) is 0 Å². The average Bonchev–Trinajstić information content (AvgIpc) is 1.57. The molecule has 0 aliphatic heterocycles. The van der Waals surface area contributed by atoms with Crippen molar-refractivity contribution in [3.05, 3.63) is 0 Å². The molecule has 0 aromatic heterocycles. The first-order valence-corrected chi connectivity index (χ1v) is 12.0. The first-order chi connectivity index (χ1) is 4.21. The van der Waals surface area contributed by atoms with E-state index < -0.39 is 15.5 Å². The van der Waals surface area contributed by atoms with Crippen LogP contribution in [0.1, 0.15) is 0 Å². The van der Waals surface area contributed by atoms with E-state index >= 15 is 0 Å². The predicted molar refractivity (Wildman–Crippen MR) is 51.3 cm³/mol. The van der Waals surface area contributed by atoms with E-state index in [0.29, 0.717) is 0 Å². The van der Waals surface area contributed by atoms with E-state index in [9.17, 15) is 0 Å². The predicted octanol–water partition coefficient (Wildman–Crippen LogP) is 1.18. The quantitative estimate of drug-likeness (QED) is 0.472. The van der Waals surface area contributed by atoms with Crippen LogP contribution in [0.3, 0.4) is 0 Å². The highest BCUT2D eigenvalue weighted by Crippen LogP contribution is 2.03. The van der Waals surface area contributed by atoms with Crippen LogP contribution in [0.5, 0.6) is 0 Å². The Bertz CT molecular complexity index is 115. The summed E-state index contributed by atoms with van der Waals surface area (Å²) in [7, 11) is 4.12. The molecule has 0 aromatic carbocycles. The Kier molecular flexibility index (Phi) is 3.39. The molecule has 10 heavy (non-hydrogen) atoms. The fraction of sp³-hybridized carbons (Fsp3) is 1.00. The molecule has 0 bridgehead atoms. The highest BCUT2D eigenvalue weighted by Gasteiger charge is 2.16. The Hall–Kier alpha value is 0.468. The van der Waals surface area contributed by atoms with Gasteiger partial charge in [0.15, 0.2) is 15.5 Å². The van der Waals surface area contributed by atoms with Crippen molar-refractivity contribution in [2.24, 2.45) is 9.56 Å². The van der Waals surface area contributed by atoms with Gasteiger partial charge >= 0.3 is 0 Å². The molecule has 0 heterocycles. The topological polar surface area (TPSA) is 24.7 Å². The summed E-state index contributed by atoms with van der Waals surface area (Å²) >= 11 is 0. The van der Waals surface area contributed by atoms with Gasteiger partial charge < -0.3 is 0 Å². The van der Waals surface area contributed by atoms with E-state index in [0.717, 1.165) is 0 Å². The maximum absolute atomic E-state index is 4.22. The minimum absolute atomic E-state index is 1.50. The van der Waals surface area contributed by atoms with Crippen molar-refractivity contribution in [2.45, 2.75) is 26.2 Å². The van der Waals surface area contributed by atoms with Gasteiger partial charge in [-0.05, 0) is 0 Å². The summed E-state index contributed by atoms with van der Waals surface area (Å²) in [5, 5.41) is 0. The lowest BCUT2D eigenvalue weighted by molar-refractivity contribution is 1.35. The molecule has 0 rings (SSSR count). The van der Waals surface area contributed by atoms with Crippen LogP contribution < -0.4 is 0 Å². The normalized spacial score (nSPS) is 14.6. The van der Waals surface area contributed by atoms with E-state index in [2.05, 4.69) is 55.3 Å². The highest BCUT2D eigenvalue weighted by molar-refractivity contribution is 7.17. The molecule has 0 spiro atoms. The molecule has 0 saturated carbocycles. The third kappa shape index (κ3) is 8.47. The summed E-state index contributed by atoms with van der Waals surface area (Å²) in [5.41, 5.74) is 0. The molecule has 0 aliphatic rings. The largest absolute Gasteiger partial charge is 0.253 e. The fourth-order valence-electron chi connectivity index (χ4n) is 0.250. The first-order valence-electron chi connectivity index (χ1n) is 3.15. The van der Waals surface area contributed by atoms with Crippen molar-refractivity contribution in [1.82, 2.24) is 0 Å². The summed E-state index contributed by atoms with van der Waals surface area (Å²) < 4.78 is 8.44. The first kappa shape index (κ1) is 10.5. The maximum atomic E-state index is 4.22. The Morgan fingerprint density at radius 2 is 1.00 bits per heavy atom. The second-order valence-corrected chi connectivity index (χ2v) is 17.3. The van der Waals surface area contributed by atoms with Gasteiger partial charge in [0.25, 0.3) is 0 Å². The van der Waals surface area contributed by atoms with Gasteiger partial charge in [-0.2, -0.15) is 0 Å². The minimum atomic E-state index is -1.50. The molecular formula is C4H12N2Si4. The van der Waals surface area contributed by atoms with Gasteiger partial charge in [-0.3, -0.25) is 9.56 Å². The van der Waals surface area contributed by atoms with Crippen molar-refractivity contribution in [3.8, 4) is 0 Å². The molecule has 6 radical (unpaired) electrons. The van der Waals surface area contributed by atoms with E-state index in [1.54, 1.807) is 0 Å². The zero-order valence-electron chi connectivity index (χ0n) is 6.89. The van der Waals surface area contributed by atoms with Gasteiger partial charge in [0.2, 0.25) is 0 Å². The third-order valence-electron chi connectivity index (χ3n) is 0.550. The summed E-state index contributed by atoms with van der Waals surface area (Å²) in [6.45, 7) is 8.39. The van der Waals surface area contributed by atoms with Crippen LogP contribution in [0, 0.1) is 0 Å². The summed E-state index contributed by atoms with van der Waals surface area (Å²) in [4.78, 5) is 0. The summed E-state index contributed by atoms with van der Waals surface area (Å²) in [6, 6.07) is 0. The Labute approximate surface area is 71.1 Å². The van der Waals surface area contributed by atoms with Crippen LogP contribution in [0.25, 0.3) is 0 Å². The molecule has 2 nitrogen and oxygen atoms in total. The number of hydrogen-bond acceptors (Lipinski definition) is 2. The van der Waals surface area contributed by atoms with Crippen molar-refractivity contribution < 1.29 is 0 Å². The lowest BCUT2D eigenvalue weighted by Gasteiger charge is -2.11. The monoisotopic (exact) mass is 200 g/mol. The van der Waals surface area contributed by atoms with Gasteiger partial charge in [0.05, 0.1) is 0 Å². The molecule has 0 aromatic rings. The molecule has 0 amide bonds. The Morgan fingerprint density at radius 3 is 1.10 bits per heavy atom. The molecule has 0 atom stereocenters. The Morgan fingerprint density at radius 1 is 0.800 bits per heavy atom. The SMILES string of the molecule is C[Si](C)([Si])/N=N/[Si](C)(C)[Si]. The van der Waals surface area contributed by atoms with Gasteiger partial charge in [-0.15, -0.1) is 0 Å². The standard InChI is InChI=1S/C4H12N2Si4/c1-9(2,7)5-6-10(3,4)8/h1-4H3/b6-5+. The van der Waals surface area contributed by atoms with Crippen LogP contribution in [0.2, 0.25) is 26.2 Å². The maximum Gasteiger partial charge on any atom is 0.181 e. The van der Waals surface area contributed by atoms with Gasteiger partial charge in [0, 0.05) is 19.5 Å².